The average Bonchev–Trinajstić information content (AvgIpc) is 3.20. The van der Waals surface area contributed by atoms with Crippen molar-refractivity contribution >= 4 is 0 Å². The molecule has 0 radical (unpaired) electrons. The van der Waals surface area contributed by atoms with Crippen molar-refractivity contribution in [3.63, 3.8) is 0 Å². The number of likely N-dealkylation sites (tertiary alicyclic amines) is 1. The Hall–Kier alpha value is -1.20. The van der Waals surface area contributed by atoms with E-state index in [0.717, 1.165) is 38.2 Å². The number of nitrogens with zero attached hydrogens (tertiary/aromatic N) is 3. The van der Waals surface area contributed by atoms with E-state index in [4.69, 9.17) is 4.52 Å². The van der Waals surface area contributed by atoms with Gasteiger partial charge >= 0.3 is 0 Å². The maximum absolute atomic E-state index is 9.72. The first-order valence-electron chi connectivity index (χ1n) is 7.51. The number of aliphatic hydroxyl groups excluding tert-OH is 1. The summed E-state index contributed by atoms with van der Waals surface area (Å²) in [5.41, 5.74) is -0.0423. The van der Waals surface area contributed by atoms with Gasteiger partial charge in [0, 0.05) is 17.9 Å². The van der Waals surface area contributed by atoms with Crippen molar-refractivity contribution in [1.29, 1.82) is 0 Å². The molecule has 1 aliphatic carbocycles. The highest BCUT2D eigenvalue weighted by Crippen LogP contribution is 2.38. The van der Waals surface area contributed by atoms with E-state index in [2.05, 4.69) is 21.6 Å². The van der Waals surface area contributed by atoms with E-state index < -0.39 is 0 Å². The van der Waals surface area contributed by atoms with E-state index in [1.807, 2.05) is 6.08 Å². The van der Waals surface area contributed by atoms with Gasteiger partial charge in [0.15, 0.2) is 5.82 Å². The first-order valence-corrected chi connectivity index (χ1v) is 7.51. The van der Waals surface area contributed by atoms with Gasteiger partial charge in [-0.15, -0.1) is 6.58 Å². The first-order chi connectivity index (χ1) is 9.74. The zero-order chi connectivity index (χ0) is 14.0. The van der Waals surface area contributed by atoms with Crippen molar-refractivity contribution in [1.82, 2.24) is 15.0 Å². The Kier molecular flexibility index (Phi) is 3.89. The van der Waals surface area contributed by atoms with Crippen molar-refractivity contribution in [2.24, 2.45) is 5.41 Å². The molecule has 5 heteroatoms. The second-order valence-electron chi connectivity index (χ2n) is 6.29. The van der Waals surface area contributed by atoms with Crippen LogP contribution in [0.25, 0.3) is 0 Å². The summed E-state index contributed by atoms with van der Waals surface area (Å²) >= 11 is 0. The third kappa shape index (κ3) is 2.94. The Balaban J connectivity index is 1.62. The summed E-state index contributed by atoms with van der Waals surface area (Å²) in [5.74, 6) is 2.11. The van der Waals surface area contributed by atoms with Crippen LogP contribution in [0.5, 0.6) is 0 Å². The number of hydrogen-bond donors (Lipinski definition) is 1. The summed E-state index contributed by atoms with van der Waals surface area (Å²) in [6.45, 7) is 6.62. The molecule has 110 valence electrons. The maximum atomic E-state index is 9.72. The van der Waals surface area contributed by atoms with Crippen LogP contribution in [-0.2, 0) is 6.54 Å². The van der Waals surface area contributed by atoms with Crippen LogP contribution in [0.4, 0.5) is 0 Å². The van der Waals surface area contributed by atoms with Crippen LogP contribution < -0.4 is 0 Å². The van der Waals surface area contributed by atoms with Gasteiger partial charge in [-0.05, 0) is 38.6 Å². The SMILES string of the molecule is C=CC[C@]1(CO)CCCN(Cc2nc(C3CC3)no2)C1. The molecule has 0 aromatic carbocycles. The molecule has 0 bridgehead atoms. The highest BCUT2D eigenvalue weighted by Gasteiger charge is 2.35. The van der Waals surface area contributed by atoms with Crippen LogP contribution in [0.2, 0.25) is 0 Å². The molecule has 0 spiro atoms. The molecule has 1 aromatic rings. The van der Waals surface area contributed by atoms with E-state index in [0.29, 0.717) is 18.4 Å². The highest BCUT2D eigenvalue weighted by atomic mass is 16.5. The third-order valence-electron chi connectivity index (χ3n) is 4.44. The minimum atomic E-state index is -0.0423. The monoisotopic (exact) mass is 277 g/mol. The molecule has 2 aliphatic rings. The predicted octanol–water partition coefficient (Wildman–Crippen LogP) is 2.10. The summed E-state index contributed by atoms with van der Waals surface area (Å²) in [7, 11) is 0. The first kappa shape index (κ1) is 13.8. The fourth-order valence-electron chi connectivity index (χ4n) is 3.14. The lowest BCUT2D eigenvalue weighted by atomic mass is 9.78. The normalized spacial score (nSPS) is 27.6. The van der Waals surface area contributed by atoms with Crippen LogP contribution >= 0.6 is 0 Å². The Morgan fingerprint density at radius 2 is 2.35 bits per heavy atom. The van der Waals surface area contributed by atoms with Gasteiger partial charge in [0.25, 0.3) is 0 Å². The van der Waals surface area contributed by atoms with Crippen molar-refractivity contribution < 1.29 is 9.63 Å². The fraction of sp³-hybridized carbons (Fsp3) is 0.733. The summed E-state index contributed by atoms with van der Waals surface area (Å²) < 4.78 is 5.35. The van der Waals surface area contributed by atoms with Crippen LogP contribution in [0, 0.1) is 5.41 Å². The van der Waals surface area contributed by atoms with Gasteiger partial charge in [-0.1, -0.05) is 11.2 Å². The summed E-state index contributed by atoms with van der Waals surface area (Å²) in [4.78, 5) is 6.80. The van der Waals surface area contributed by atoms with E-state index >= 15 is 0 Å². The highest BCUT2D eigenvalue weighted by molar-refractivity contribution is 5.03. The van der Waals surface area contributed by atoms with Crippen LogP contribution in [0.15, 0.2) is 17.2 Å². The number of aliphatic hydroxyl groups is 1. The van der Waals surface area contributed by atoms with E-state index in [9.17, 15) is 5.11 Å². The van der Waals surface area contributed by atoms with Crippen LogP contribution in [0.3, 0.4) is 0 Å². The average molecular weight is 277 g/mol. The van der Waals surface area contributed by atoms with Gasteiger partial charge in [0.1, 0.15) is 0 Å². The Bertz CT molecular complexity index is 469. The van der Waals surface area contributed by atoms with Crippen LogP contribution in [0.1, 0.15) is 49.7 Å². The topological polar surface area (TPSA) is 62.4 Å². The lowest BCUT2D eigenvalue weighted by Gasteiger charge is -2.40. The van der Waals surface area contributed by atoms with Gasteiger partial charge < -0.3 is 9.63 Å². The van der Waals surface area contributed by atoms with Gasteiger partial charge in [0.2, 0.25) is 5.89 Å². The number of allylic oxidation sites excluding steroid dienone is 1. The molecule has 0 amide bonds. The van der Waals surface area contributed by atoms with Crippen molar-refractivity contribution in [3.8, 4) is 0 Å². The Morgan fingerprint density at radius 1 is 1.50 bits per heavy atom. The largest absolute Gasteiger partial charge is 0.396 e. The minimum absolute atomic E-state index is 0.0423. The summed E-state index contributed by atoms with van der Waals surface area (Å²) in [5, 5.41) is 13.8. The number of piperidine rings is 1. The summed E-state index contributed by atoms with van der Waals surface area (Å²) in [6.07, 6.45) is 7.31. The lowest BCUT2D eigenvalue weighted by Crippen LogP contribution is -2.44. The van der Waals surface area contributed by atoms with Gasteiger partial charge in [0.05, 0.1) is 13.2 Å². The number of aromatic nitrogens is 2. The standard InChI is InChI=1S/C15H23N3O2/c1-2-6-15(11-19)7-3-8-18(10-15)9-13-16-14(17-20-13)12-4-5-12/h2,12,19H,1,3-11H2/t15-/m0/s1. The Labute approximate surface area is 119 Å². The smallest absolute Gasteiger partial charge is 0.240 e. The fourth-order valence-corrected chi connectivity index (χ4v) is 3.14. The zero-order valence-electron chi connectivity index (χ0n) is 11.9. The number of rotatable bonds is 6. The molecule has 2 heterocycles. The third-order valence-corrected chi connectivity index (χ3v) is 4.44. The zero-order valence-corrected chi connectivity index (χ0v) is 11.9. The molecule has 2 fully saturated rings. The second kappa shape index (κ2) is 5.66. The molecular weight excluding hydrogens is 254 g/mol. The van der Waals surface area contributed by atoms with Gasteiger partial charge in [-0.2, -0.15) is 4.98 Å². The number of hydrogen-bond acceptors (Lipinski definition) is 5. The van der Waals surface area contributed by atoms with E-state index in [1.54, 1.807) is 0 Å². The molecular formula is C15H23N3O2. The second-order valence-corrected chi connectivity index (χ2v) is 6.29. The quantitative estimate of drug-likeness (QED) is 0.807. The predicted molar refractivity (Wildman–Crippen MR) is 75.1 cm³/mol. The van der Waals surface area contributed by atoms with Gasteiger partial charge in [-0.25, -0.2) is 0 Å². The molecule has 5 nitrogen and oxygen atoms in total. The van der Waals surface area contributed by atoms with Gasteiger partial charge in [-0.3, -0.25) is 4.90 Å². The van der Waals surface area contributed by atoms with Crippen molar-refractivity contribution in [2.75, 3.05) is 19.7 Å². The van der Waals surface area contributed by atoms with Crippen LogP contribution in [-0.4, -0.2) is 39.8 Å². The lowest BCUT2D eigenvalue weighted by molar-refractivity contribution is 0.0266. The molecule has 3 rings (SSSR count). The Morgan fingerprint density at radius 3 is 3.05 bits per heavy atom. The van der Waals surface area contributed by atoms with E-state index in [1.165, 1.54) is 12.8 Å². The maximum Gasteiger partial charge on any atom is 0.240 e. The molecule has 20 heavy (non-hydrogen) atoms. The molecule has 1 saturated carbocycles. The van der Waals surface area contributed by atoms with Crippen molar-refractivity contribution in [3.05, 3.63) is 24.4 Å². The minimum Gasteiger partial charge on any atom is -0.396 e. The summed E-state index contributed by atoms with van der Waals surface area (Å²) in [6, 6.07) is 0. The molecule has 0 unspecified atom stereocenters. The molecule has 1 saturated heterocycles. The molecule has 1 aromatic heterocycles. The van der Waals surface area contributed by atoms with E-state index in [-0.39, 0.29) is 12.0 Å². The molecule has 1 N–H and O–H groups in total. The molecule has 1 atom stereocenters. The van der Waals surface area contributed by atoms with Crippen molar-refractivity contribution in [2.45, 2.75) is 44.6 Å². The molecule has 1 aliphatic heterocycles.